The lowest BCUT2D eigenvalue weighted by molar-refractivity contribution is 0.268. The molecule has 2 rings (SSSR count). The largest absolute Gasteiger partial charge is 0.317 e. The Balaban J connectivity index is 0.00000264. The van der Waals surface area contributed by atoms with E-state index < -0.39 is 10.0 Å². The minimum atomic E-state index is -3.45. The molecule has 7 heteroatoms. The fraction of sp³-hybridized carbons (Fsp3) is 0.562. The van der Waals surface area contributed by atoms with Crippen molar-refractivity contribution in [3.05, 3.63) is 29.3 Å². The number of hydrogen-bond donors (Lipinski definition) is 1. The predicted octanol–water partition coefficient (Wildman–Crippen LogP) is 2.30. The summed E-state index contributed by atoms with van der Waals surface area (Å²) in [6.45, 7) is 6.88. The molecular formula is C16H24ClN3O2S. The van der Waals surface area contributed by atoms with Gasteiger partial charge in [-0.3, -0.25) is 0 Å². The molecule has 0 aliphatic carbocycles. The van der Waals surface area contributed by atoms with Crippen molar-refractivity contribution in [2.24, 2.45) is 5.92 Å². The smallest absolute Gasteiger partial charge is 0.243 e. The van der Waals surface area contributed by atoms with Crippen LogP contribution in [0.5, 0.6) is 0 Å². The maximum Gasteiger partial charge on any atom is 0.243 e. The second-order valence-electron chi connectivity index (χ2n) is 5.74. The Bertz CT molecular complexity index is 662. The first kappa shape index (κ1) is 19.9. The van der Waals surface area contributed by atoms with Crippen LogP contribution in [0.3, 0.4) is 0 Å². The van der Waals surface area contributed by atoms with Crippen molar-refractivity contribution in [1.82, 2.24) is 9.62 Å². The molecule has 128 valence electrons. The molecule has 5 nitrogen and oxygen atoms in total. The van der Waals surface area contributed by atoms with Crippen molar-refractivity contribution in [1.29, 1.82) is 5.26 Å². The van der Waals surface area contributed by atoms with Gasteiger partial charge in [-0.15, -0.1) is 12.4 Å². The molecule has 0 radical (unpaired) electrons. The number of rotatable bonds is 5. The number of halogens is 1. The number of hydrogen-bond acceptors (Lipinski definition) is 4. The van der Waals surface area contributed by atoms with Gasteiger partial charge in [0.2, 0.25) is 10.0 Å². The summed E-state index contributed by atoms with van der Waals surface area (Å²) in [7, 11) is -3.45. The predicted molar refractivity (Wildman–Crippen MR) is 93.2 cm³/mol. The summed E-state index contributed by atoms with van der Waals surface area (Å²) in [6, 6.07) is 6.78. The van der Waals surface area contributed by atoms with E-state index in [0.717, 1.165) is 25.9 Å². The van der Waals surface area contributed by atoms with Gasteiger partial charge in [0.25, 0.3) is 0 Å². The van der Waals surface area contributed by atoms with Crippen LogP contribution in [0.25, 0.3) is 0 Å². The zero-order chi connectivity index (χ0) is 16.2. The number of nitrogens with one attached hydrogen (secondary N) is 1. The van der Waals surface area contributed by atoms with E-state index in [1.165, 1.54) is 6.07 Å². The van der Waals surface area contributed by atoms with E-state index in [0.29, 0.717) is 30.1 Å². The lowest BCUT2D eigenvalue weighted by atomic mass is 9.98. The third kappa shape index (κ3) is 4.67. The zero-order valence-corrected chi connectivity index (χ0v) is 15.2. The molecule has 0 aromatic heterocycles. The Morgan fingerprint density at radius 1 is 1.35 bits per heavy atom. The molecule has 1 saturated heterocycles. The van der Waals surface area contributed by atoms with Crippen molar-refractivity contribution >= 4 is 22.4 Å². The van der Waals surface area contributed by atoms with Crippen molar-refractivity contribution in [3.8, 4) is 6.07 Å². The molecule has 1 N–H and O–H groups in total. The van der Waals surface area contributed by atoms with Gasteiger partial charge >= 0.3 is 0 Å². The number of piperidine rings is 1. The topological polar surface area (TPSA) is 73.2 Å². The highest BCUT2D eigenvalue weighted by atomic mass is 35.5. The number of sulfonamides is 1. The molecular weight excluding hydrogens is 334 g/mol. The van der Waals surface area contributed by atoms with Gasteiger partial charge in [0.15, 0.2) is 0 Å². The molecule has 0 amide bonds. The van der Waals surface area contributed by atoms with Crippen LogP contribution in [0.1, 0.15) is 30.9 Å². The second kappa shape index (κ2) is 8.65. The third-order valence-electron chi connectivity index (χ3n) is 4.21. The first-order valence-electron chi connectivity index (χ1n) is 7.70. The Labute approximate surface area is 145 Å². The molecule has 1 aromatic rings. The van der Waals surface area contributed by atoms with Crippen LogP contribution >= 0.6 is 12.4 Å². The molecule has 1 aliphatic heterocycles. The van der Waals surface area contributed by atoms with E-state index in [2.05, 4.69) is 18.3 Å². The molecule has 1 aromatic carbocycles. The molecule has 1 heterocycles. The molecule has 1 fully saturated rings. The number of aryl methyl sites for hydroxylation is 1. The highest BCUT2D eigenvalue weighted by Gasteiger charge is 2.29. The van der Waals surface area contributed by atoms with Gasteiger partial charge in [0, 0.05) is 13.1 Å². The molecule has 1 aliphatic rings. The highest BCUT2D eigenvalue weighted by molar-refractivity contribution is 7.89. The lowest BCUT2D eigenvalue weighted by Gasteiger charge is -2.31. The first-order valence-corrected chi connectivity index (χ1v) is 9.14. The van der Waals surface area contributed by atoms with E-state index in [4.69, 9.17) is 5.26 Å². The minimum absolute atomic E-state index is 0. The lowest BCUT2D eigenvalue weighted by Crippen LogP contribution is -2.40. The van der Waals surface area contributed by atoms with Crippen molar-refractivity contribution in [2.45, 2.75) is 31.6 Å². The van der Waals surface area contributed by atoms with Crippen LogP contribution < -0.4 is 5.32 Å². The quantitative estimate of drug-likeness (QED) is 0.877. The van der Waals surface area contributed by atoms with Gasteiger partial charge in [-0.25, -0.2) is 8.42 Å². The van der Waals surface area contributed by atoms with E-state index in [-0.39, 0.29) is 17.3 Å². The normalized spacial score (nSPS) is 16.6. The fourth-order valence-electron chi connectivity index (χ4n) is 2.77. The van der Waals surface area contributed by atoms with Crippen LogP contribution in [0, 0.1) is 24.2 Å². The SMILES string of the molecule is CCNCC1CCN(S(=O)(=O)c2ccc(C#N)c(C)c2)CC1.Cl. The summed E-state index contributed by atoms with van der Waals surface area (Å²) < 4.78 is 26.9. The third-order valence-corrected chi connectivity index (χ3v) is 6.11. The van der Waals surface area contributed by atoms with E-state index in [1.807, 2.05) is 0 Å². The Morgan fingerprint density at radius 2 is 2.00 bits per heavy atom. The summed E-state index contributed by atoms with van der Waals surface area (Å²) in [5.74, 6) is 0.550. The van der Waals surface area contributed by atoms with E-state index in [1.54, 1.807) is 23.4 Å². The fourth-order valence-corrected chi connectivity index (χ4v) is 4.33. The summed E-state index contributed by atoms with van der Waals surface area (Å²) in [6.07, 6.45) is 1.78. The number of benzene rings is 1. The second-order valence-corrected chi connectivity index (χ2v) is 7.68. The van der Waals surface area contributed by atoms with Crippen molar-refractivity contribution in [3.63, 3.8) is 0 Å². The van der Waals surface area contributed by atoms with Crippen LogP contribution in [0.4, 0.5) is 0 Å². The molecule has 0 unspecified atom stereocenters. The van der Waals surface area contributed by atoms with Gasteiger partial charge in [-0.1, -0.05) is 6.92 Å². The van der Waals surface area contributed by atoms with Crippen LogP contribution in [-0.2, 0) is 10.0 Å². The molecule has 0 saturated carbocycles. The monoisotopic (exact) mass is 357 g/mol. The summed E-state index contributed by atoms with van der Waals surface area (Å²) in [5, 5.41) is 12.3. The van der Waals surface area contributed by atoms with E-state index >= 15 is 0 Å². The first-order chi connectivity index (χ1) is 10.5. The molecule has 23 heavy (non-hydrogen) atoms. The average molecular weight is 358 g/mol. The minimum Gasteiger partial charge on any atom is -0.317 e. The van der Waals surface area contributed by atoms with Gasteiger partial charge in [-0.05, 0) is 62.5 Å². The van der Waals surface area contributed by atoms with Crippen LogP contribution in [0.15, 0.2) is 23.1 Å². The van der Waals surface area contributed by atoms with Crippen LogP contribution in [-0.4, -0.2) is 38.9 Å². The molecule has 0 atom stereocenters. The van der Waals surface area contributed by atoms with E-state index in [9.17, 15) is 8.42 Å². The maximum atomic E-state index is 12.7. The van der Waals surface area contributed by atoms with Crippen molar-refractivity contribution in [2.75, 3.05) is 26.2 Å². The Hall–Kier alpha value is -1.13. The Kier molecular flexibility index (Phi) is 7.49. The summed E-state index contributed by atoms with van der Waals surface area (Å²) in [5.41, 5.74) is 1.22. The maximum absolute atomic E-state index is 12.7. The number of nitriles is 1. The zero-order valence-electron chi connectivity index (χ0n) is 13.6. The van der Waals surface area contributed by atoms with Gasteiger partial charge in [-0.2, -0.15) is 9.57 Å². The Morgan fingerprint density at radius 3 is 2.52 bits per heavy atom. The van der Waals surface area contributed by atoms with Gasteiger partial charge in [0.1, 0.15) is 0 Å². The highest BCUT2D eigenvalue weighted by Crippen LogP contribution is 2.24. The molecule has 0 spiro atoms. The van der Waals surface area contributed by atoms with Crippen LogP contribution in [0.2, 0.25) is 0 Å². The average Bonchev–Trinajstić information content (AvgIpc) is 2.53. The summed E-state index contributed by atoms with van der Waals surface area (Å²) >= 11 is 0. The standard InChI is InChI=1S/C16H23N3O2S.ClH/c1-3-18-12-14-6-8-19(9-7-14)22(20,21)16-5-4-15(11-17)13(2)10-16;/h4-5,10,14,18H,3,6-9,12H2,1-2H3;1H. The van der Waals surface area contributed by atoms with Gasteiger partial charge in [0.05, 0.1) is 16.5 Å². The van der Waals surface area contributed by atoms with Crippen molar-refractivity contribution < 1.29 is 8.42 Å². The number of nitrogens with zero attached hydrogens (tertiary/aromatic N) is 2. The van der Waals surface area contributed by atoms with Gasteiger partial charge < -0.3 is 5.32 Å². The molecule has 0 bridgehead atoms. The summed E-state index contributed by atoms with van der Waals surface area (Å²) in [4.78, 5) is 0.286.